The fourth-order valence-electron chi connectivity index (χ4n) is 2.96. The fraction of sp³-hybridized carbons (Fsp3) is 0.0800. The third kappa shape index (κ3) is 6.77. The molecule has 3 aromatic rings. The molecule has 0 fully saturated rings. The molecule has 32 heavy (non-hydrogen) atoms. The average molecular weight is 473 g/mol. The smallest absolute Gasteiger partial charge is 0.367 e. The number of aromatic amines is 2. The van der Waals surface area contributed by atoms with Crippen LogP contribution in [0.25, 0.3) is 0 Å². The fourth-order valence-corrected chi connectivity index (χ4v) is 2.96. The zero-order valence-electron chi connectivity index (χ0n) is 17.0. The largest absolute Gasteiger partial charge is 3.00 e. The van der Waals surface area contributed by atoms with Gasteiger partial charge in [0.15, 0.2) is 0 Å². The molecule has 0 saturated carbocycles. The van der Waals surface area contributed by atoms with E-state index in [2.05, 4.69) is 9.97 Å². The van der Waals surface area contributed by atoms with Crippen LogP contribution in [-0.2, 0) is 33.1 Å². The van der Waals surface area contributed by atoms with Gasteiger partial charge in [0.05, 0.1) is 0 Å². The maximum absolute atomic E-state index is 13.9. The third-order valence-electron chi connectivity index (χ3n) is 4.52. The van der Waals surface area contributed by atoms with Crippen molar-refractivity contribution in [2.75, 3.05) is 0 Å². The van der Waals surface area contributed by atoms with Crippen LogP contribution in [0.1, 0.15) is 11.1 Å². The van der Waals surface area contributed by atoms with E-state index in [0.29, 0.717) is 11.1 Å². The Hall–Kier alpha value is -2.96. The van der Waals surface area contributed by atoms with E-state index in [0.717, 1.165) is 12.8 Å². The van der Waals surface area contributed by atoms with Crippen molar-refractivity contribution in [1.82, 2.24) is 9.97 Å². The van der Waals surface area contributed by atoms with Crippen molar-refractivity contribution >= 4 is 0 Å². The van der Waals surface area contributed by atoms with Gasteiger partial charge in [-0.2, -0.15) is 43.2 Å². The molecule has 7 heteroatoms. The minimum Gasteiger partial charge on any atom is -0.367 e. The number of H-pyrrole nitrogens is 2. The monoisotopic (exact) mass is 473 g/mol. The van der Waals surface area contributed by atoms with Gasteiger partial charge < -0.3 is 9.97 Å². The second-order valence-corrected chi connectivity index (χ2v) is 6.81. The Balaban J connectivity index is 0.000000182. The molecule has 0 bridgehead atoms. The summed E-state index contributed by atoms with van der Waals surface area (Å²) in [4.78, 5) is 5.46. The average Bonchev–Trinajstić information content (AvgIpc) is 3.54. The molecule has 2 aliphatic rings. The number of alkyl halides is 2. The number of aromatic nitrogens is 2. The quantitative estimate of drug-likeness (QED) is 0.228. The normalized spacial score (nSPS) is 23.0. The Morgan fingerprint density at radius 3 is 1.44 bits per heavy atom. The van der Waals surface area contributed by atoms with Gasteiger partial charge >= 0.3 is 21.7 Å². The first-order chi connectivity index (χ1) is 14.9. The molecule has 0 saturated heterocycles. The van der Waals surface area contributed by atoms with Gasteiger partial charge in [0.2, 0.25) is 0 Å². The molecule has 2 aromatic heterocycles. The summed E-state index contributed by atoms with van der Waals surface area (Å²) in [6, 6.07) is 13.2. The van der Waals surface area contributed by atoms with Crippen LogP contribution in [-0.4, -0.2) is 9.97 Å². The van der Waals surface area contributed by atoms with Crippen molar-refractivity contribution in [2.24, 2.45) is 0 Å². The van der Waals surface area contributed by atoms with Crippen LogP contribution >= 0.6 is 0 Å². The summed E-state index contributed by atoms with van der Waals surface area (Å²) in [5, 5.41) is 0. The molecule has 163 valence electrons. The topological polar surface area (TPSA) is 31.6 Å². The number of hydrogen-bond acceptors (Lipinski definition) is 0. The van der Waals surface area contributed by atoms with Gasteiger partial charge in [-0.05, 0) is 34.9 Å². The van der Waals surface area contributed by atoms with Crippen LogP contribution in [0, 0.1) is 12.8 Å². The Morgan fingerprint density at radius 2 is 1.16 bits per heavy atom. The summed E-state index contributed by atoms with van der Waals surface area (Å²) >= 11 is 0. The van der Waals surface area contributed by atoms with Gasteiger partial charge in [0.1, 0.15) is 11.3 Å². The minimum atomic E-state index is -1.81. The third-order valence-corrected chi connectivity index (χ3v) is 4.52. The van der Waals surface area contributed by atoms with Gasteiger partial charge in [-0.3, -0.25) is 0 Å². The predicted molar refractivity (Wildman–Crippen MR) is 114 cm³/mol. The van der Waals surface area contributed by atoms with Gasteiger partial charge in [0, 0.05) is 24.8 Å². The molecule has 0 aliphatic heterocycles. The van der Waals surface area contributed by atoms with Gasteiger partial charge in [-0.25, -0.2) is 29.7 Å². The molecule has 2 unspecified atom stereocenters. The molecular weight excluding hydrogens is 452 g/mol. The van der Waals surface area contributed by atoms with E-state index >= 15 is 0 Å². The molecule has 2 N–H and O–H groups in total. The van der Waals surface area contributed by atoms with Gasteiger partial charge in [-0.15, -0.1) is 12.2 Å². The number of nitrogens with one attached hydrogen (secondary N) is 2. The molecule has 0 spiro atoms. The van der Waals surface area contributed by atoms with Crippen molar-refractivity contribution in [2.45, 2.75) is 11.3 Å². The summed E-state index contributed by atoms with van der Waals surface area (Å²) in [7, 11) is 0. The first-order valence-corrected chi connectivity index (χ1v) is 9.54. The Bertz CT molecular complexity index is 945. The van der Waals surface area contributed by atoms with Crippen LogP contribution < -0.4 is 0 Å². The Morgan fingerprint density at radius 1 is 0.719 bits per heavy atom. The molecule has 2 atom stereocenters. The first kappa shape index (κ1) is 25.3. The van der Waals surface area contributed by atoms with Crippen LogP contribution in [0.4, 0.5) is 17.6 Å². The maximum Gasteiger partial charge on any atom is 3.00 e. The number of hydrogen-bond donors (Lipinski definition) is 2. The van der Waals surface area contributed by atoms with Gasteiger partial charge in [-0.1, -0.05) is 12.2 Å². The Labute approximate surface area is 199 Å². The van der Waals surface area contributed by atoms with Gasteiger partial charge in [0.25, 0.3) is 0 Å². The second-order valence-electron chi connectivity index (χ2n) is 6.81. The summed E-state index contributed by atoms with van der Waals surface area (Å²) in [6.45, 7) is 0. The van der Waals surface area contributed by atoms with Crippen LogP contribution in [0.3, 0.4) is 0 Å². The summed E-state index contributed by atoms with van der Waals surface area (Å²) in [6.07, 6.45) is 16.0. The summed E-state index contributed by atoms with van der Waals surface area (Å²) in [5.74, 6) is -1.10. The van der Waals surface area contributed by atoms with Crippen LogP contribution in [0.15, 0.2) is 115 Å². The zero-order valence-corrected chi connectivity index (χ0v) is 18.5. The summed E-state index contributed by atoms with van der Waals surface area (Å²) < 4.78 is 53.4. The van der Waals surface area contributed by atoms with Crippen LogP contribution in [0.2, 0.25) is 0 Å². The number of rotatable bonds is 2. The van der Waals surface area contributed by atoms with Crippen molar-refractivity contribution in [3.05, 3.63) is 139 Å². The van der Waals surface area contributed by atoms with Crippen molar-refractivity contribution in [3.8, 4) is 0 Å². The van der Waals surface area contributed by atoms with E-state index in [1.807, 2.05) is 30.3 Å². The van der Waals surface area contributed by atoms with E-state index in [1.54, 1.807) is 24.5 Å². The molecular formula is C25H21F4N2Ti. The zero-order chi connectivity index (χ0) is 22.2. The molecule has 2 nitrogen and oxygen atoms in total. The molecule has 2 heterocycles. The standard InChI is InChI=1S/2C10H8F2N.C5H5.Ti/c2*11-9-2-1-4-10(12,6-9)8-3-5-13-7-8;1-2-4-5-3-1;/h2*1-7,13H;1-5H;/q3*-1;+3. The summed E-state index contributed by atoms with van der Waals surface area (Å²) in [5.41, 5.74) is -2.79. The van der Waals surface area contributed by atoms with E-state index < -0.39 is 23.0 Å². The van der Waals surface area contributed by atoms with Crippen molar-refractivity contribution in [1.29, 1.82) is 0 Å². The molecule has 1 aromatic carbocycles. The molecule has 0 amide bonds. The molecule has 5 rings (SSSR count). The predicted octanol–water partition coefficient (Wildman–Crippen LogP) is 7.02. The second kappa shape index (κ2) is 11.6. The minimum absolute atomic E-state index is 0. The number of halogens is 4. The van der Waals surface area contributed by atoms with Crippen LogP contribution in [0.5, 0.6) is 0 Å². The van der Waals surface area contributed by atoms with E-state index in [4.69, 9.17) is 0 Å². The number of allylic oxidation sites excluding steroid dienone is 8. The van der Waals surface area contributed by atoms with E-state index in [-0.39, 0.29) is 21.7 Å². The van der Waals surface area contributed by atoms with Crippen molar-refractivity contribution in [3.63, 3.8) is 0 Å². The molecule has 2 aliphatic carbocycles. The van der Waals surface area contributed by atoms with E-state index in [1.165, 1.54) is 48.8 Å². The first-order valence-electron chi connectivity index (χ1n) is 9.54. The maximum atomic E-state index is 13.9. The Kier molecular flexibility index (Phi) is 9.18. The SMILES string of the molecule is FC1=CC=CC(F)(c2cc[nH]c2)[CH-]1.FC1=CC=CC(F)(c2cc[nH]c2)[CH-]1.[Ti+3].c1cc[cH-]c1. The molecule has 1 radical (unpaired) electrons. The van der Waals surface area contributed by atoms with Crippen molar-refractivity contribution < 1.29 is 39.3 Å². The van der Waals surface area contributed by atoms with E-state index in [9.17, 15) is 17.6 Å².